The second-order valence-electron chi connectivity index (χ2n) is 4.73. The lowest BCUT2D eigenvalue weighted by molar-refractivity contribution is 0.376. The van der Waals surface area contributed by atoms with Crippen LogP contribution < -0.4 is 4.74 Å². The molecule has 2 unspecified atom stereocenters. The van der Waals surface area contributed by atoms with E-state index < -0.39 is 0 Å². The normalized spacial score (nSPS) is 24.9. The van der Waals surface area contributed by atoms with Gasteiger partial charge in [0.25, 0.3) is 0 Å². The fourth-order valence-corrected chi connectivity index (χ4v) is 3.09. The molecule has 0 aromatic carbocycles. The summed E-state index contributed by atoms with van der Waals surface area (Å²) in [6.07, 6.45) is 7.66. The van der Waals surface area contributed by atoms with E-state index in [4.69, 9.17) is 16.3 Å². The molecular weight excluding hydrogens is 236 g/mol. The standard InChI is InChI=1S/C13H21ClN2O/c1-3-8-16-13(12(17-2)9-15-16)10-6-4-5-7-11(10)14/h9-11H,3-8H2,1-2H3. The summed E-state index contributed by atoms with van der Waals surface area (Å²) in [5.41, 5.74) is 1.20. The van der Waals surface area contributed by atoms with Gasteiger partial charge in [0.1, 0.15) is 0 Å². The average Bonchev–Trinajstić information content (AvgIpc) is 2.73. The first-order valence-corrected chi connectivity index (χ1v) is 6.95. The minimum absolute atomic E-state index is 0.227. The Hall–Kier alpha value is -0.700. The average molecular weight is 257 g/mol. The molecule has 1 aliphatic carbocycles. The SMILES string of the molecule is CCCn1ncc(OC)c1C1CCCCC1Cl. The molecule has 96 valence electrons. The van der Waals surface area contributed by atoms with Gasteiger partial charge >= 0.3 is 0 Å². The van der Waals surface area contributed by atoms with Gasteiger partial charge in [0.05, 0.1) is 19.0 Å². The fourth-order valence-electron chi connectivity index (χ4n) is 2.69. The predicted octanol–water partition coefficient (Wildman–Crippen LogP) is 3.57. The molecule has 1 aromatic rings. The van der Waals surface area contributed by atoms with E-state index in [2.05, 4.69) is 16.7 Å². The monoisotopic (exact) mass is 256 g/mol. The van der Waals surface area contributed by atoms with Crippen LogP contribution in [-0.4, -0.2) is 22.3 Å². The maximum absolute atomic E-state index is 6.48. The molecule has 1 aromatic heterocycles. The van der Waals surface area contributed by atoms with Crippen LogP contribution in [0.5, 0.6) is 5.75 Å². The first-order chi connectivity index (χ1) is 8.27. The number of hydrogen-bond donors (Lipinski definition) is 0. The van der Waals surface area contributed by atoms with E-state index in [-0.39, 0.29) is 5.38 Å². The van der Waals surface area contributed by atoms with Crippen molar-refractivity contribution < 1.29 is 4.74 Å². The Morgan fingerprint density at radius 2 is 2.24 bits per heavy atom. The number of alkyl halides is 1. The summed E-state index contributed by atoms with van der Waals surface area (Å²) in [6, 6.07) is 0. The van der Waals surface area contributed by atoms with Crippen LogP contribution >= 0.6 is 11.6 Å². The quantitative estimate of drug-likeness (QED) is 0.770. The van der Waals surface area contributed by atoms with Crippen molar-refractivity contribution in [2.45, 2.75) is 56.9 Å². The van der Waals surface area contributed by atoms with Gasteiger partial charge in [-0.2, -0.15) is 5.10 Å². The van der Waals surface area contributed by atoms with E-state index in [9.17, 15) is 0 Å². The molecule has 2 atom stereocenters. The highest BCUT2D eigenvalue weighted by Gasteiger charge is 2.30. The first-order valence-electron chi connectivity index (χ1n) is 6.51. The molecule has 0 bridgehead atoms. The van der Waals surface area contributed by atoms with Crippen LogP contribution in [0.2, 0.25) is 0 Å². The lowest BCUT2D eigenvalue weighted by Gasteiger charge is -2.28. The Labute approximate surface area is 108 Å². The van der Waals surface area contributed by atoms with Crippen LogP contribution in [0.4, 0.5) is 0 Å². The Morgan fingerprint density at radius 3 is 2.88 bits per heavy atom. The molecule has 1 heterocycles. The van der Waals surface area contributed by atoms with E-state index in [0.29, 0.717) is 5.92 Å². The highest BCUT2D eigenvalue weighted by molar-refractivity contribution is 6.21. The van der Waals surface area contributed by atoms with Crippen LogP contribution in [0.15, 0.2) is 6.20 Å². The number of hydrogen-bond acceptors (Lipinski definition) is 2. The molecule has 0 aliphatic heterocycles. The van der Waals surface area contributed by atoms with Gasteiger partial charge in [-0.25, -0.2) is 0 Å². The molecule has 0 spiro atoms. The summed E-state index contributed by atoms with van der Waals surface area (Å²) in [5.74, 6) is 1.30. The van der Waals surface area contributed by atoms with Crippen molar-refractivity contribution in [2.24, 2.45) is 0 Å². The van der Waals surface area contributed by atoms with Gasteiger partial charge in [-0.1, -0.05) is 19.8 Å². The summed E-state index contributed by atoms with van der Waals surface area (Å²) in [6.45, 7) is 3.11. The molecule has 0 amide bonds. The van der Waals surface area contributed by atoms with E-state index in [1.807, 2.05) is 6.20 Å². The maximum Gasteiger partial charge on any atom is 0.160 e. The van der Waals surface area contributed by atoms with Gasteiger partial charge in [0.2, 0.25) is 0 Å². The Kier molecular flexibility index (Phi) is 4.32. The Morgan fingerprint density at radius 1 is 1.47 bits per heavy atom. The Balaban J connectivity index is 2.29. The zero-order valence-electron chi connectivity index (χ0n) is 10.7. The van der Waals surface area contributed by atoms with Gasteiger partial charge in [0.15, 0.2) is 5.75 Å². The van der Waals surface area contributed by atoms with Crippen molar-refractivity contribution in [2.75, 3.05) is 7.11 Å². The number of halogens is 1. The number of rotatable bonds is 4. The van der Waals surface area contributed by atoms with Gasteiger partial charge in [-0.3, -0.25) is 4.68 Å². The van der Waals surface area contributed by atoms with E-state index >= 15 is 0 Å². The molecule has 17 heavy (non-hydrogen) atoms. The smallest absolute Gasteiger partial charge is 0.160 e. The molecule has 0 saturated heterocycles. The number of ether oxygens (including phenoxy) is 1. The maximum atomic E-state index is 6.48. The van der Waals surface area contributed by atoms with Gasteiger partial charge in [-0.15, -0.1) is 11.6 Å². The number of nitrogens with zero attached hydrogens (tertiary/aromatic N) is 2. The molecule has 2 rings (SSSR count). The second kappa shape index (κ2) is 5.76. The van der Waals surface area contributed by atoms with Gasteiger partial charge < -0.3 is 4.74 Å². The number of aromatic nitrogens is 2. The van der Waals surface area contributed by atoms with Crippen molar-refractivity contribution in [3.63, 3.8) is 0 Å². The molecule has 0 radical (unpaired) electrons. The van der Waals surface area contributed by atoms with Crippen molar-refractivity contribution >= 4 is 11.6 Å². The highest BCUT2D eigenvalue weighted by Crippen LogP contribution is 2.40. The van der Waals surface area contributed by atoms with Crippen LogP contribution in [-0.2, 0) is 6.54 Å². The van der Waals surface area contributed by atoms with Gasteiger partial charge in [-0.05, 0) is 19.3 Å². The number of aryl methyl sites for hydroxylation is 1. The number of methoxy groups -OCH3 is 1. The third kappa shape index (κ3) is 2.59. The first kappa shape index (κ1) is 12.7. The zero-order chi connectivity index (χ0) is 12.3. The summed E-state index contributed by atoms with van der Waals surface area (Å²) >= 11 is 6.48. The van der Waals surface area contributed by atoms with Crippen molar-refractivity contribution in [1.82, 2.24) is 9.78 Å². The van der Waals surface area contributed by atoms with Crippen molar-refractivity contribution in [1.29, 1.82) is 0 Å². The third-order valence-corrected chi connectivity index (χ3v) is 4.06. The summed E-state index contributed by atoms with van der Waals surface area (Å²) < 4.78 is 7.51. The topological polar surface area (TPSA) is 27.1 Å². The molecule has 4 heteroatoms. The minimum Gasteiger partial charge on any atom is -0.493 e. The molecular formula is C13H21ClN2O. The predicted molar refractivity (Wildman–Crippen MR) is 69.9 cm³/mol. The van der Waals surface area contributed by atoms with Crippen LogP contribution in [0, 0.1) is 0 Å². The van der Waals surface area contributed by atoms with E-state index in [1.165, 1.54) is 18.5 Å². The zero-order valence-corrected chi connectivity index (χ0v) is 11.4. The lowest BCUT2D eigenvalue weighted by atomic mass is 9.86. The van der Waals surface area contributed by atoms with Crippen LogP contribution in [0.25, 0.3) is 0 Å². The van der Waals surface area contributed by atoms with E-state index in [0.717, 1.165) is 31.6 Å². The van der Waals surface area contributed by atoms with Crippen molar-refractivity contribution in [3.8, 4) is 5.75 Å². The van der Waals surface area contributed by atoms with Gasteiger partial charge in [0, 0.05) is 17.8 Å². The largest absolute Gasteiger partial charge is 0.493 e. The molecule has 1 fully saturated rings. The molecule has 1 saturated carbocycles. The fraction of sp³-hybridized carbons (Fsp3) is 0.769. The Bertz CT molecular complexity index is 364. The van der Waals surface area contributed by atoms with Crippen molar-refractivity contribution in [3.05, 3.63) is 11.9 Å². The molecule has 0 N–H and O–H groups in total. The highest BCUT2D eigenvalue weighted by atomic mass is 35.5. The summed E-state index contributed by atoms with van der Waals surface area (Å²) in [4.78, 5) is 0. The molecule has 1 aliphatic rings. The van der Waals surface area contributed by atoms with Crippen LogP contribution in [0.1, 0.15) is 50.6 Å². The summed E-state index contributed by atoms with van der Waals surface area (Å²) in [5, 5.41) is 4.65. The second-order valence-corrected chi connectivity index (χ2v) is 5.29. The summed E-state index contributed by atoms with van der Waals surface area (Å²) in [7, 11) is 1.71. The van der Waals surface area contributed by atoms with E-state index in [1.54, 1.807) is 7.11 Å². The lowest BCUT2D eigenvalue weighted by Crippen LogP contribution is -2.21. The molecule has 3 nitrogen and oxygen atoms in total. The third-order valence-electron chi connectivity index (χ3n) is 3.53. The van der Waals surface area contributed by atoms with Crippen LogP contribution in [0.3, 0.4) is 0 Å². The minimum atomic E-state index is 0.227.